The van der Waals surface area contributed by atoms with E-state index in [4.69, 9.17) is 11.6 Å². The van der Waals surface area contributed by atoms with Crippen LogP contribution in [0, 0.1) is 5.92 Å². The average Bonchev–Trinajstić information content (AvgIpc) is 2.42. The van der Waals surface area contributed by atoms with E-state index in [-0.39, 0.29) is 5.91 Å². The first-order valence-electron chi connectivity index (χ1n) is 6.16. The monoisotopic (exact) mass is 285 g/mol. The molecule has 0 aliphatic rings. The summed E-state index contributed by atoms with van der Waals surface area (Å²) in [6, 6.07) is 7.67. The van der Waals surface area contributed by atoms with Gasteiger partial charge in [-0.05, 0) is 37.1 Å². The highest BCUT2D eigenvalue weighted by Gasteiger charge is 2.09. The fourth-order valence-electron chi connectivity index (χ4n) is 1.66. The van der Waals surface area contributed by atoms with Gasteiger partial charge in [0.25, 0.3) is 5.91 Å². The quantitative estimate of drug-likeness (QED) is 0.469. The van der Waals surface area contributed by atoms with Crippen molar-refractivity contribution in [3.05, 3.63) is 29.8 Å². The number of halogens is 1. The van der Waals surface area contributed by atoms with Gasteiger partial charge in [-0.1, -0.05) is 19.1 Å². The van der Waals surface area contributed by atoms with Crippen molar-refractivity contribution < 1.29 is 4.79 Å². The summed E-state index contributed by atoms with van der Waals surface area (Å²) in [5, 5.41) is 2.96. The highest BCUT2D eigenvalue weighted by atomic mass is 35.5. The number of hydrogen-bond acceptors (Lipinski definition) is 2. The second-order valence-corrected chi connectivity index (χ2v) is 5.51. The van der Waals surface area contributed by atoms with Gasteiger partial charge in [0.05, 0.1) is 5.56 Å². The lowest BCUT2D eigenvalue weighted by atomic mass is 10.1. The maximum absolute atomic E-state index is 12.0. The Kier molecular flexibility index (Phi) is 7.21. The highest BCUT2D eigenvalue weighted by Crippen LogP contribution is 2.19. The molecular weight excluding hydrogens is 266 g/mol. The van der Waals surface area contributed by atoms with Crippen molar-refractivity contribution in [2.45, 2.75) is 24.7 Å². The molecule has 0 radical (unpaired) electrons. The predicted molar refractivity (Wildman–Crippen MR) is 79.7 cm³/mol. The third kappa shape index (κ3) is 4.91. The van der Waals surface area contributed by atoms with Crippen LogP contribution in [0.5, 0.6) is 0 Å². The van der Waals surface area contributed by atoms with Crippen LogP contribution in [0.25, 0.3) is 0 Å². The molecule has 1 aromatic carbocycles. The summed E-state index contributed by atoms with van der Waals surface area (Å²) in [5.74, 6) is 1.21. The van der Waals surface area contributed by atoms with E-state index in [2.05, 4.69) is 12.2 Å². The standard InChI is InChI=1S/C14H20ClNOS/c1-11(10-15)6-5-9-16-14(17)12-7-3-4-8-13(12)18-2/h3-4,7-8,11H,5-6,9-10H2,1-2H3,(H,16,17). The van der Waals surface area contributed by atoms with Gasteiger partial charge >= 0.3 is 0 Å². The van der Waals surface area contributed by atoms with E-state index in [1.165, 1.54) is 0 Å². The van der Waals surface area contributed by atoms with Crippen molar-refractivity contribution in [1.29, 1.82) is 0 Å². The summed E-state index contributed by atoms with van der Waals surface area (Å²) in [6.45, 7) is 2.83. The molecule has 1 rings (SSSR count). The van der Waals surface area contributed by atoms with Gasteiger partial charge in [0.1, 0.15) is 0 Å². The molecule has 0 aliphatic heterocycles. The Bertz CT molecular complexity index is 384. The Labute approximate surface area is 118 Å². The predicted octanol–water partition coefficient (Wildman–Crippen LogP) is 3.79. The fourth-order valence-corrected chi connectivity index (χ4v) is 2.41. The Morgan fingerprint density at radius 3 is 2.83 bits per heavy atom. The molecule has 0 spiro atoms. The summed E-state index contributed by atoms with van der Waals surface area (Å²) in [6.07, 6.45) is 4.00. The molecule has 100 valence electrons. The first-order valence-corrected chi connectivity index (χ1v) is 7.92. The van der Waals surface area contributed by atoms with E-state index in [9.17, 15) is 4.79 Å². The average molecular weight is 286 g/mol. The number of alkyl halides is 1. The van der Waals surface area contributed by atoms with Gasteiger partial charge in [-0.2, -0.15) is 0 Å². The van der Waals surface area contributed by atoms with E-state index in [0.29, 0.717) is 18.3 Å². The molecule has 0 aromatic heterocycles. The van der Waals surface area contributed by atoms with Crippen molar-refractivity contribution in [2.75, 3.05) is 18.7 Å². The van der Waals surface area contributed by atoms with Crippen molar-refractivity contribution in [3.63, 3.8) is 0 Å². The molecule has 2 nitrogen and oxygen atoms in total. The summed E-state index contributed by atoms with van der Waals surface area (Å²) >= 11 is 7.33. The normalized spacial score (nSPS) is 12.2. The second kappa shape index (κ2) is 8.44. The van der Waals surface area contributed by atoms with Crippen molar-refractivity contribution in [1.82, 2.24) is 5.32 Å². The lowest BCUT2D eigenvalue weighted by Gasteiger charge is -2.10. The molecule has 1 N–H and O–H groups in total. The van der Waals surface area contributed by atoms with Gasteiger partial charge in [0.15, 0.2) is 0 Å². The van der Waals surface area contributed by atoms with Crippen molar-refractivity contribution in [2.24, 2.45) is 5.92 Å². The first kappa shape index (κ1) is 15.4. The maximum Gasteiger partial charge on any atom is 0.252 e. The minimum atomic E-state index is 0.0125. The zero-order valence-corrected chi connectivity index (χ0v) is 12.5. The number of rotatable bonds is 7. The minimum absolute atomic E-state index is 0.0125. The Hall–Kier alpha value is -0.670. The van der Waals surface area contributed by atoms with Gasteiger partial charge in [-0.15, -0.1) is 23.4 Å². The number of carbonyl (C=O) groups is 1. The summed E-state index contributed by atoms with van der Waals surface area (Å²) in [4.78, 5) is 13.0. The lowest BCUT2D eigenvalue weighted by Crippen LogP contribution is -2.25. The van der Waals surface area contributed by atoms with Crippen LogP contribution in [0.2, 0.25) is 0 Å². The van der Waals surface area contributed by atoms with Crippen LogP contribution in [0.4, 0.5) is 0 Å². The molecule has 0 saturated heterocycles. The number of thioether (sulfide) groups is 1. The largest absolute Gasteiger partial charge is 0.352 e. The number of benzene rings is 1. The van der Waals surface area contributed by atoms with E-state index < -0.39 is 0 Å². The molecule has 18 heavy (non-hydrogen) atoms. The molecule has 1 amide bonds. The first-order chi connectivity index (χ1) is 8.69. The van der Waals surface area contributed by atoms with Gasteiger partial charge in [-0.25, -0.2) is 0 Å². The Morgan fingerprint density at radius 1 is 1.44 bits per heavy atom. The lowest BCUT2D eigenvalue weighted by molar-refractivity contribution is 0.0949. The van der Waals surface area contributed by atoms with E-state index >= 15 is 0 Å². The van der Waals surface area contributed by atoms with Crippen molar-refractivity contribution >= 4 is 29.3 Å². The van der Waals surface area contributed by atoms with Gasteiger partial charge < -0.3 is 5.32 Å². The molecule has 4 heteroatoms. The molecule has 0 fully saturated rings. The molecule has 0 heterocycles. The van der Waals surface area contributed by atoms with Crippen LogP contribution in [-0.2, 0) is 0 Å². The van der Waals surface area contributed by atoms with Crippen LogP contribution in [0.1, 0.15) is 30.1 Å². The van der Waals surface area contributed by atoms with E-state index in [1.54, 1.807) is 11.8 Å². The number of amides is 1. The van der Waals surface area contributed by atoms with Crippen LogP contribution in [0.3, 0.4) is 0 Å². The third-order valence-electron chi connectivity index (χ3n) is 2.77. The van der Waals surface area contributed by atoms with E-state index in [0.717, 1.165) is 23.3 Å². The van der Waals surface area contributed by atoms with Crippen LogP contribution in [0.15, 0.2) is 29.2 Å². The van der Waals surface area contributed by atoms with Gasteiger partial charge in [0.2, 0.25) is 0 Å². The third-order valence-corrected chi connectivity index (χ3v) is 4.10. The molecule has 1 unspecified atom stereocenters. The summed E-state index contributed by atoms with van der Waals surface area (Å²) in [7, 11) is 0. The SMILES string of the molecule is CSc1ccccc1C(=O)NCCCC(C)CCl. The molecule has 0 aliphatic carbocycles. The number of nitrogens with one attached hydrogen (secondary N) is 1. The Morgan fingerprint density at radius 2 is 2.17 bits per heavy atom. The fraction of sp³-hybridized carbons (Fsp3) is 0.500. The van der Waals surface area contributed by atoms with Crippen LogP contribution < -0.4 is 5.32 Å². The highest BCUT2D eigenvalue weighted by molar-refractivity contribution is 7.98. The van der Waals surface area contributed by atoms with Gasteiger partial charge in [0, 0.05) is 17.3 Å². The van der Waals surface area contributed by atoms with Gasteiger partial charge in [-0.3, -0.25) is 4.79 Å². The van der Waals surface area contributed by atoms with Crippen LogP contribution in [-0.4, -0.2) is 24.6 Å². The number of hydrogen-bond donors (Lipinski definition) is 1. The molecule has 1 aromatic rings. The van der Waals surface area contributed by atoms with Crippen LogP contribution >= 0.6 is 23.4 Å². The summed E-state index contributed by atoms with van der Waals surface area (Å²) in [5.41, 5.74) is 0.760. The number of carbonyl (C=O) groups excluding carboxylic acids is 1. The van der Waals surface area contributed by atoms with Crippen molar-refractivity contribution in [3.8, 4) is 0 Å². The maximum atomic E-state index is 12.0. The smallest absolute Gasteiger partial charge is 0.252 e. The zero-order chi connectivity index (χ0) is 13.4. The molecule has 1 atom stereocenters. The molecular formula is C14H20ClNOS. The topological polar surface area (TPSA) is 29.1 Å². The summed E-state index contributed by atoms with van der Waals surface area (Å²) < 4.78 is 0. The minimum Gasteiger partial charge on any atom is -0.352 e. The zero-order valence-electron chi connectivity index (χ0n) is 10.9. The molecule has 0 bridgehead atoms. The molecule has 0 saturated carbocycles. The second-order valence-electron chi connectivity index (χ2n) is 4.36. The Balaban J connectivity index is 2.41. The van der Waals surface area contributed by atoms with E-state index in [1.807, 2.05) is 30.5 Å².